The van der Waals surface area contributed by atoms with Gasteiger partial charge in [0.1, 0.15) is 0 Å². The number of aryl methyl sites for hydroxylation is 4. The fourth-order valence-corrected chi connectivity index (χ4v) is 10.5. The molecular weight excluding hydrogens is 699 g/mol. The van der Waals surface area contributed by atoms with E-state index in [1.54, 1.807) is 10.4 Å². The van der Waals surface area contributed by atoms with Gasteiger partial charge in [-0.25, -0.2) is 0 Å². The van der Waals surface area contributed by atoms with Crippen molar-refractivity contribution in [1.29, 1.82) is 0 Å². The quantitative estimate of drug-likeness (QED) is 0.113. The summed E-state index contributed by atoms with van der Waals surface area (Å²) in [4.78, 5) is 0. The Labute approximate surface area is 280 Å². The molecule has 6 aromatic carbocycles. The molecule has 0 N–H and O–H groups in total. The average Bonchev–Trinajstić information content (AvgIpc) is 3.60. The van der Waals surface area contributed by atoms with E-state index >= 15 is 0 Å². The number of fused-ring (bicyclic) bond motifs is 2. The smallest absolute Gasteiger partial charge is 0.358 e. The van der Waals surface area contributed by atoms with Gasteiger partial charge in [-0.1, -0.05) is 103 Å². The minimum absolute atomic E-state index is 0. The van der Waals surface area contributed by atoms with E-state index in [0.717, 1.165) is 0 Å². The van der Waals surface area contributed by atoms with Gasteiger partial charge in [0.15, 0.2) is 0 Å². The monoisotopic (exact) mass is 746 g/mol. The normalized spacial score (nSPS) is 11.2. The molecule has 6 rings (SSSR count). The zero-order chi connectivity index (χ0) is 28.0. The molecule has 0 bridgehead atoms. The third-order valence-electron chi connectivity index (χ3n) is 9.17. The van der Waals surface area contributed by atoms with Crippen molar-refractivity contribution in [3.05, 3.63) is 134 Å². The molecule has 0 aromatic heterocycles. The van der Waals surface area contributed by atoms with Crippen LogP contribution in [0, 0.1) is 42.5 Å². The van der Waals surface area contributed by atoms with E-state index in [1.165, 1.54) is 84.9 Å². The fraction of sp³-hybridized carbons (Fsp3) is 0.220. The van der Waals surface area contributed by atoms with Crippen LogP contribution in [0.5, 0.6) is 0 Å². The second kappa shape index (κ2) is 13.9. The number of benzene rings is 4. The molecule has 0 atom stereocenters. The minimum atomic E-state index is -1.99. The van der Waals surface area contributed by atoms with Gasteiger partial charge >= 0.3 is 25.8 Å². The summed E-state index contributed by atoms with van der Waals surface area (Å²) in [6, 6.07) is 38.8. The zero-order valence-corrected chi connectivity index (χ0v) is 32.0. The topological polar surface area (TPSA) is 0 Å². The Morgan fingerprint density at radius 1 is 0.581 bits per heavy atom. The van der Waals surface area contributed by atoms with Crippen molar-refractivity contribution < 1.29 is 25.8 Å². The molecule has 6 aromatic rings. The first-order chi connectivity index (χ1) is 19.3. The number of unbranched alkanes of at least 4 members (excludes halogenated alkanes) is 1. The van der Waals surface area contributed by atoms with E-state index < -0.39 is 8.07 Å². The summed E-state index contributed by atoms with van der Waals surface area (Å²) in [5.41, 5.74) is 10.8. The van der Waals surface area contributed by atoms with Crippen LogP contribution in [0.3, 0.4) is 0 Å². The van der Waals surface area contributed by atoms with Crippen LogP contribution in [-0.2, 0) is 25.8 Å². The molecule has 2 heteroatoms. The van der Waals surface area contributed by atoms with E-state index in [4.69, 9.17) is 0 Å². The van der Waals surface area contributed by atoms with Gasteiger partial charge in [-0.2, -0.15) is 12.1 Å². The molecule has 0 spiro atoms. The van der Waals surface area contributed by atoms with Gasteiger partial charge in [-0.15, -0.1) is 68.3 Å². The molecule has 0 fully saturated rings. The first kappa shape index (κ1) is 34.7. The Hall–Kier alpha value is -2.81. The summed E-state index contributed by atoms with van der Waals surface area (Å²) < 4.78 is 0. The van der Waals surface area contributed by atoms with Crippen molar-refractivity contribution in [2.75, 3.05) is 0 Å². The maximum atomic E-state index is 2.61. The summed E-state index contributed by atoms with van der Waals surface area (Å²) >= 11 is 0. The van der Waals surface area contributed by atoms with Crippen molar-refractivity contribution in [2.45, 2.75) is 60.1 Å². The van der Waals surface area contributed by atoms with Crippen LogP contribution in [0.25, 0.3) is 43.8 Å². The summed E-state index contributed by atoms with van der Waals surface area (Å²) in [7, 11) is -1.99. The zero-order valence-electron chi connectivity index (χ0n) is 27.4. The van der Waals surface area contributed by atoms with Gasteiger partial charge < -0.3 is 14.9 Å². The van der Waals surface area contributed by atoms with Gasteiger partial charge in [-0.3, -0.25) is 0 Å². The van der Waals surface area contributed by atoms with E-state index in [-0.39, 0.29) is 40.7 Å². The predicted molar refractivity (Wildman–Crippen MR) is 192 cm³/mol. The van der Waals surface area contributed by atoms with E-state index in [9.17, 15) is 0 Å². The van der Waals surface area contributed by atoms with Gasteiger partial charge in [-0.05, 0) is 49.9 Å². The molecule has 0 aliphatic heterocycles. The van der Waals surface area contributed by atoms with Crippen LogP contribution in [0.4, 0.5) is 0 Å². The molecule has 0 heterocycles. The second-order valence-corrected chi connectivity index (χ2v) is 16.5. The van der Waals surface area contributed by atoms with Crippen LogP contribution in [0.2, 0.25) is 12.6 Å². The van der Waals surface area contributed by atoms with Crippen LogP contribution in [0.1, 0.15) is 42.0 Å². The van der Waals surface area contributed by atoms with Crippen molar-refractivity contribution >= 4 is 40.0 Å². The summed E-state index contributed by atoms with van der Waals surface area (Å²) in [6.07, 6.45) is 2.49. The first-order valence-corrected chi connectivity index (χ1v) is 17.5. The molecule has 218 valence electrons. The molecule has 0 nitrogen and oxygen atoms in total. The SMILES string of the molecule is CCCC[Si](C)(c1cc2c(-c3cc(C)ccc3C)cccc2[cH-]1)c1cc2c(-c3cc(C)ccc3C)cccc2[cH-]1.[CH3-].[CH3-].[Hf+4]. The van der Waals surface area contributed by atoms with Crippen molar-refractivity contribution in [3.63, 3.8) is 0 Å². The molecule has 43 heavy (non-hydrogen) atoms. The maximum Gasteiger partial charge on any atom is 4.00 e. The molecule has 0 amide bonds. The predicted octanol–water partition coefficient (Wildman–Crippen LogP) is 10.9. The second-order valence-electron chi connectivity index (χ2n) is 12.2. The third-order valence-corrected chi connectivity index (χ3v) is 13.7. The summed E-state index contributed by atoms with van der Waals surface area (Å²) in [6.45, 7) is 13.8. The Morgan fingerprint density at radius 3 is 1.44 bits per heavy atom. The Bertz CT molecular complexity index is 1720. The minimum Gasteiger partial charge on any atom is -0.358 e. The Kier molecular flexibility index (Phi) is 11.2. The van der Waals surface area contributed by atoms with Crippen LogP contribution in [-0.4, -0.2) is 8.07 Å². The van der Waals surface area contributed by atoms with Crippen LogP contribution in [0.15, 0.2) is 97.1 Å². The Balaban J connectivity index is 0.00000169. The maximum absolute atomic E-state index is 2.61. The van der Waals surface area contributed by atoms with Crippen molar-refractivity contribution in [1.82, 2.24) is 0 Å². The van der Waals surface area contributed by atoms with Gasteiger partial charge in [0, 0.05) is 0 Å². The van der Waals surface area contributed by atoms with E-state index in [0.29, 0.717) is 0 Å². The summed E-state index contributed by atoms with van der Waals surface area (Å²) in [5.74, 6) is 0. The molecule has 0 aliphatic rings. The first-order valence-electron chi connectivity index (χ1n) is 14.8. The molecule has 0 unspecified atom stereocenters. The van der Waals surface area contributed by atoms with Crippen molar-refractivity contribution in [2.24, 2.45) is 0 Å². The van der Waals surface area contributed by atoms with Crippen LogP contribution < -0.4 is 10.4 Å². The van der Waals surface area contributed by atoms with Gasteiger partial charge in [0.2, 0.25) is 0 Å². The number of hydrogen-bond donors (Lipinski definition) is 0. The van der Waals surface area contributed by atoms with Gasteiger partial charge in [0.05, 0.1) is 8.07 Å². The largest absolute Gasteiger partial charge is 4.00 e. The van der Waals surface area contributed by atoms with Crippen molar-refractivity contribution in [3.8, 4) is 22.3 Å². The van der Waals surface area contributed by atoms with Crippen LogP contribution >= 0.6 is 0 Å². The molecule has 0 saturated heterocycles. The fourth-order valence-electron chi connectivity index (χ4n) is 6.61. The summed E-state index contributed by atoms with van der Waals surface area (Å²) in [5, 5.41) is 8.67. The molecule has 0 aliphatic carbocycles. The molecular formula is C41H46HfSi. The van der Waals surface area contributed by atoms with Gasteiger partial charge in [0.25, 0.3) is 0 Å². The Morgan fingerprint density at radius 2 is 1.02 bits per heavy atom. The standard InChI is InChI=1S/C39H40Si.2CH3.Hf/c1-7-8-19-40(6,32-22-30-11-9-13-34(38(30)24-32)36-20-26(2)15-17-28(36)4)33-23-31-12-10-14-35(39(31)25-33)37-21-27(3)16-18-29(37)5;;;/h9-18,20-25H,7-8,19H2,1-6H3;2*1H3;/q-2;2*-1;+4. The number of hydrogen-bond acceptors (Lipinski definition) is 0. The molecule has 0 radical (unpaired) electrons. The van der Waals surface area contributed by atoms with E-state index in [1.807, 2.05) is 0 Å². The third kappa shape index (κ3) is 6.38. The van der Waals surface area contributed by atoms with E-state index in [2.05, 4.69) is 138 Å². The molecule has 0 saturated carbocycles. The average molecular weight is 745 g/mol. The number of rotatable bonds is 7.